The van der Waals surface area contributed by atoms with E-state index in [0.29, 0.717) is 44.6 Å². The second-order valence-corrected chi connectivity index (χ2v) is 5.84. The summed E-state index contributed by atoms with van der Waals surface area (Å²) in [5, 5.41) is 0.930. The van der Waals surface area contributed by atoms with E-state index >= 15 is 0 Å². The van der Waals surface area contributed by atoms with Gasteiger partial charge in [0.15, 0.2) is 0 Å². The van der Waals surface area contributed by atoms with Gasteiger partial charge in [0.05, 0.1) is 48.1 Å². The lowest BCUT2D eigenvalue weighted by atomic mass is 10.1. The molecule has 0 aliphatic heterocycles. The summed E-state index contributed by atoms with van der Waals surface area (Å²) in [6.45, 7) is 0. The van der Waals surface area contributed by atoms with Gasteiger partial charge in [0, 0.05) is 10.7 Å². The number of esters is 2. The minimum Gasteiger partial charge on any atom is -0.465 e. The van der Waals surface area contributed by atoms with Crippen LogP contribution >= 0.6 is 31.9 Å². The van der Waals surface area contributed by atoms with Crippen LogP contribution in [0.25, 0.3) is 11.4 Å². The number of methoxy groups -OCH3 is 2. The number of carbonyl (C=O) groups excluding carboxylic acids is 2. The first-order valence-corrected chi connectivity index (χ1v) is 9.07. The number of aromatic nitrogens is 2. The average Bonchev–Trinajstić information content (AvgIpc) is 2.65. The first-order valence-electron chi connectivity index (χ1n) is 6.83. The van der Waals surface area contributed by atoms with Crippen LogP contribution in [0.15, 0.2) is 24.3 Å². The smallest absolute Gasteiger partial charge is 0.337 e. The Kier molecular flexibility index (Phi) is 6.44. The number of hydrogen-bond acceptors (Lipinski definition) is 6. The second kappa shape index (κ2) is 8.34. The van der Waals surface area contributed by atoms with E-state index in [9.17, 15) is 9.59 Å². The topological polar surface area (TPSA) is 78.4 Å². The highest BCUT2D eigenvalue weighted by molar-refractivity contribution is 9.08. The molecule has 0 radical (unpaired) electrons. The molecule has 0 unspecified atom stereocenters. The Balaban J connectivity index is 2.61. The molecule has 0 amide bonds. The van der Waals surface area contributed by atoms with E-state index in [-0.39, 0.29) is 0 Å². The molecule has 8 heteroatoms. The number of halogens is 2. The van der Waals surface area contributed by atoms with Crippen molar-refractivity contribution in [2.24, 2.45) is 0 Å². The maximum absolute atomic E-state index is 11.8. The zero-order valence-electron chi connectivity index (χ0n) is 13.0. The van der Waals surface area contributed by atoms with Crippen molar-refractivity contribution in [3.8, 4) is 11.4 Å². The molecule has 0 N–H and O–H groups in total. The predicted octanol–water partition coefficient (Wildman–Crippen LogP) is 3.51. The molecule has 2 heterocycles. The zero-order chi connectivity index (χ0) is 17.7. The molecular weight excluding hydrogens is 444 g/mol. The molecule has 126 valence electrons. The van der Waals surface area contributed by atoms with E-state index in [1.165, 1.54) is 14.2 Å². The summed E-state index contributed by atoms with van der Waals surface area (Å²) in [5.74, 6) is -0.934. The maximum atomic E-state index is 11.8. The Bertz CT molecular complexity index is 715. The Hall–Kier alpha value is -1.80. The van der Waals surface area contributed by atoms with Crippen LogP contribution < -0.4 is 0 Å². The third-order valence-electron chi connectivity index (χ3n) is 3.14. The van der Waals surface area contributed by atoms with Gasteiger partial charge < -0.3 is 9.47 Å². The quantitative estimate of drug-likeness (QED) is 0.505. The van der Waals surface area contributed by atoms with Crippen LogP contribution in [0.1, 0.15) is 32.1 Å². The van der Waals surface area contributed by atoms with Gasteiger partial charge in [-0.25, -0.2) is 9.59 Å². The van der Waals surface area contributed by atoms with Gasteiger partial charge in [0.2, 0.25) is 0 Å². The molecule has 2 aromatic rings. The van der Waals surface area contributed by atoms with E-state index in [0.717, 1.165) is 0 Å². The number of hydrogen-bond donors (Lipinski definition) is 0. The number of pyridine rings is 2. The molecule has 0 aromatic carbocycles. The number of carbonyl (C=O) groups is 2. The van der Waals surface area contributed by atoms with Gasteiger partial charge in [0.1, 0.15) is 0 Å². The van der Waals surface area contributed by atoms with Gasteiger partial charge in [-0.2, -0.15) is 0 Å². The largest absolute Gasteiger partial charge is 0.465 e. The Morgan fingerprint density at radius 1 is 0.833 bits per heavy atom. The first kappa shape index (κ1) is 18.5. The fraction of sp³-hybridized carbons (Fsp3) is 0.250. The zero-order valence-corrected chi connectivity index (χ0v) is 16.2. The van der Waals surface area contributed by atoms with Crippen LogP contribution in [-0.2, 0) is 20.1 Å². The molecule has 6 nitrogen and oxygen atoms in total. The Morgan fingerprint density at radius 2 is 1.21 bits per heavy atom. The lowest BCUT2D eigenvalue weighted by Crippen LogP contribution is -2.07. The van der Waals surface area contributed by atoms with Crippen LogP contribution in [0, 0.1) is 0 Å². The summed E-state index contributed by atoms with van der Waals surface area (Å²) in [5.41, 5.74) is 2.97. The standard InChI is InChI=1S/C16H14Br2N2O4/c1-23-15(21)9-3-11(7-17)19-13(5-9)14-6-10(16(22)24-2)4-12(8-18)20-14/h3-6H,7-8H2,1-2H3. The van der Waals surface area contributed by atoms with Crippen LogP contribution in [-0.4, -0.2) is 36.1 Å². The monoisotopic (exact) mass is 456 g/mol. The van der Waals surface area contributed by atoms with Crippen molar-refractivity contribution in [1.82, 2.24) is 9.97 Å². The van der Waals surface area contributed by atoms with E-state index in [4.69, 9.17) is 9.47 Å². The van der Waals surface area contributed by atoms with E-state index in [2.05, 4.69) is 41.8 Å². The highest BCUT2D eigenvalue weighted by atomic mass is 79.9. The van der Waals surface area contributed by atoms with E-state index < -0.39 is 11.9 Å². The SMILES string of the molecule is COC(=O)c1cc(CBr)nc(-c2cc(C(=O)OC)cc(CBr)n2)c1. The molecule has 0 fully saturated rings. The number of alkyl halides is 2. The molecule has 2 rings (SSSR count). The predicted molar refractivity (Wildman–Crippen MR) is 95.4 cm³/mol. The van der Waals surface area contributed by atoms with E-state index in [1.807, 2.05) is 0 Å². The number of ether oxygens (including phenoxy) is 2. The molecule has 24 heavy (non-hydrogen) atoms. The van der Waals surface area contributed by atoms with Crippen molar-refractivity contribution in [2.45, 2.75) is 10.7 Å². The van der Waals surface area contributed by atoms with E-state index in [1.54, 1.807) is 24.3 Å². The fourth-order valence-electron chi connectivity index (χ4n) is 2.05. The summed E-state index contributed by atoms with van der Waals surface area (Å²) in [6.07, 6.45) is 0. The molecule has 0 atom stereocenters. The van der Waals surface area contributed by atoms with Crippen molar-refractivity contribution < 1.29 is 19.1 Å². The molecule has 2 aromatic heterocycles. The van der Waals surface area contributed by atoms with Gasteiger partial charge in [0.25, 0.3) is 0 Å². The van der Waals surface area contributed by atoms with Gasteiger partial charge >= 0.3 is 11.9 Å². The van der Waals surface area contributed by atoms with Crippen molar-refractivity contribution in [1.29, 1.82) is 0 Å². The van der Waals surface area contributed by atoms with Crippen molar-refractivity contribution in [3.05, 3.63) is 46.8 Å². The highest BCUT2D eigenvalue weighted by Gasteiger charge is 2.15. The van der Waals surface area contributed by atoms with Crippen LogP contribution in [0.2, 0.25) is 0 Å². The Morgan fingerprint density at radius 3 is 1.50 bits per heavy atom. The molecule has 0 saturated carbocycles. The van der Waals surface area contributed by atoms with Crippen molar-refractivity contribution in [2.75, 3.05) is 14.2 Å². The normalized spacial score (nSPS) is 10.3. The van der Waals surface area contributed by atoms with Gasteiger partial charge in [-0.15, -0.1) is 0 Å². The second-order valence-electron chi connectivity index (χ2n) is 4.72. The molecule has 0 bridgehead atoms. The van der Waals surface area contributed by atoms with Crippen molar-refractivity contribution in [3.63, 3.8) is 0 Å². The van der Waals surface area contributed by atoms with Gasteiger partial charge in [-0.1, -0.05) is 31.9 Å². The third-order valence-corrected chi connectivity index (χ3v) is 4.28. The Labute approximate surface area is 155 Å². The lowest BCUT2D eigenvalue weighted by Gasteiger charge is -2.09. The van der Waals surface area contributed by atoms with Gasteiger partial charge in [-0.05, 0) is 24.3 Å². The molecule has 0 aliphatic rings. The molecular formula is C16H14Br2N2O4. The van der Waals surface area contributed by atoms with Gasteiger partial charge in [-0.3, -0.25) is 9.97 Å². The summed E-state index contributed by atoms with van der Waals surface area (Å²) in [6, 6.07) is 6.44. The average molecular weight is 458 g/mol. The molecule has 0 saturated heterocycles. The molecule has 0 spiro atoms. The van der Waals surface area contributed by atoms with Crippen LogP contribution in [0.5, 0.6) is 0 Å². The lowest BCUT2D eigenvalue weighted by molar-refractivity contribution is 0.0591. The number of rotatable bonds is 5. The third kappa shape index (κ3) is 4.18. The fourth-order valence-corrected chi connectivity index (χ4v) is 2.62. The van der Waals surface area contributed by atoms with Crippen molar-refractivity contribution >= 4 is 43.8 Å². The number of nitrogens with zero attached hydrogens (tertiary/aromatic N) is 2. The minimum atomic E-state index is -0.467. The summed E-state index contributed by atoms with van der Waals surface area (Å²) in [4.78, 5) is 32.6. The summed E-state index contributed by atoms with van der Waals surface area (Å²) >= 11 is 6.66. The van der Waals surface area contributed by atoms with Crippen LogP contribution in [0.4, 0.5) is 0 Å². The summed E-state index contributed by atoms with van der Waals surface area (Å²) < 4.78 is 9.53. The maximum Gasteiger partial charge on any atom is 0.337 e. The van der Waals surface area contributed by atoms with Crippen LogP contribution in [0.3, 0.4) is 0 Å². The molecule has 0 aliphatic carbocycles. The minimum absolute atomic E-state index is 0.364. The first-order chi connectivity index (χ1) is 11.5. The highest BCUT2D eigenvalue weighted by Crippen LogP contribution is 2.22. The summed E-state index contributed by atoms with van der Waals surface area (Å²) in [7, 11) is 2.63.